The van der Waals surface area contributed by atoms with Gasteiger partial charge in [0.25, 0.3) is 5.91 Å². The summed E-state index contributed by atoms with van der Waals surface area (Å²) in [6, 6.07) is 7.34. The van der Waals surface area contributed by atoms with Gasteiger partial charge in [0.2, 0.25) is 0 Å². The zero-order valence-corrected chi connectivity index (χ0v) is 14.5. The maximum absolute atomic E-state index is 13.1. The molecule has 1 atom stereocenters. The van der Waals surface area contributed by atoms with E-state index in [1.807, 2.05) is 34.7 Å². The second kappa shape index (κ2) is 7.03. The SMILES string of the molecule is Cc1ccoc1C(=O)N1Cc2ccnn2CC[C@@H]1COc1cccnc1. The molecular weight excluding hydrogens is 332 g/mol. The molecule has 1 amide bonds. The third-order valence-corrected chi connectivity index (χ3v) is 4.65. The van der Waals surface area contributed by atoms with Crippen LogP contribution in [0.1, 0.15) is 28.2 Å². The Hall–Kier alpha value is -3.09. The molecule has 0 unspecified atom stereocenters. The molecule has 7 heteroatoms. The molecule has 26 heavy (non-hydrogen) atoms. The second-order valence-corrected chi connectivity index (χ2v) is 6.35. The van der Waals surface area contributed by atoms with Gasteiger partial charge in [-0.25, -0.2) is 0 Å². The van der Waals surface area contributed by atoms with E-state index in [2.05, 4.69) is 10.1 Å². The average molecular weight is 352 g/mol. The van der Waals surface area contributed by atoms with Crippen molar-refractivity contribution < 1.29 is 13.9 Å². The lowest BCUT2D eigenvalue weighted by Gasteiger charge is -2.29. The lowest BCUT2D eigenvalue weighted by molar-refractivity contribution is 0.0556. The van der Waals surface area contributed by atoms with Gasteiger partial charge in [0.1, 0.15) is 12.4 Å². The summed E-state index contributed by atoms with van der Waals surface area (Å²) in [5.74, 6) is 0.947. The van der Waals surface area contributed by atoms with Crippen molar-refractivity contribution in [2.75, 3.05) is 6.61 Å². The number of fused-ring (bicyclic) bond motifs is 1. The number of nitrogens with zero attached hydrogens (tertiary/aromatic N) is 4. The molecule has 7 nitrogen and oxygen atoms in total. The Kier molecular flexibility index (Phi) is 4.43. The van der Waals surface area contributed by atoms with Crippen molar-refractivity contribution in [3.05, 3.63) is 66.1 Å². The van der Waals surface area contributed by atoms with Crippen molar-refractivity contribution in [3.8, 4) is 5.75 Å². The van der Waals surface area contributed by atoms with Crippen LogP contribution < -0.4 is 4.74 Å². The van der Waals surface area contributed by atoms with Gasteiger partial charge < -0.3 is 14.1 Å². The van der Waals surface area contributed by atoms with Crippen molar-refractivity contribution >= 4 is 5.91 Å². The maximum Gasteiger partial charge on any atom is 0.290 e. The average Bonchev–Trinajstić information content (AvgIpc) is 3.25. The van der Waals surface area contributed by atoms with Gasteiger partial charge in [-0.3, -0.25) is 14.5 Å². The summed E-state index contributed by atoms with van der Waals surface area (Å²) in [5, 5.41) is 4.35. The van der Waals surface area contributed by atoms with E-state index in [4.69, 9.17) is 9.15 Å². The highest BCUT2D eigenvalue weighted by Gasteiger charge is 2.31. The Morgan fingerprint density at radius 3 is 3.04 bits per heavy atom. The van der Waals surface area contributed by atoms with Crippen LogP contribution in [0.5, 0.6) is 5.75 Å². The van der Waals surface area contributed by atoms with Gasteiger partial charge in [-0.15, -0.1) is 0 Å². The molecule has 0 radical (unpaired) electrons. The number of carbonyl (C=O) groups excluding carboxylic acids is 1. The van der Waals surface area contributed by atoms with Crippen LogP contribution in [0.2, 0.25) is 0 Å². The molecule has 4 rings (SSSR count). The van der Waals surface area contributed by atoms with Crippen molar-refractivity contribution in [3.63, 3.8) is 0 Å². The second-order valence-electron chi connectivity index (χ2n) is 6.35. The van der Waals surface area contributed by atoms with Crippen LogP contribution in [0.15, 0.2) is 53.5 Å². The minimum atomic E-state index is -0.123. The Morgan fingerprint density at radius 2 is 2.27 bits per heavy atom. The van der Waals surface area contributed by atoms with Crippen LogP contribution in [-0.4, -0.2) is 38.2 Å². The van der Waals surface area contributed by atoms with Crippen molar-refractivity contribution in [2.45, 2.75) is 32.5 Å². The zero-order chi connectivity index (χ0) is 17.9. The number of aryl methyl sites for hydroxylation is 2. The lowest BCUT2D eigenvalue weighted by Crippen LogP contribution is -2.42. The Morgan fingerprint density at radius 1 is 1.35 bits per heavy atom. The van der Waals surface area contributed by atoms with E-state index in [0.29, 0.717) is 24.7 Å². The molecule has 3 aromatic heterocycles. The zero-order valence-electron chi connectivity index (χ0n) is 14.5. The molecule has 3 aromatic rings. The van der Waals surface area contributed by atoms with Gasteiger partial charge in [0, 0.05) is 24.5 Å². The number of carbonyl (C=O) groups is 1. The first kappa shape index (κ1) is 16.4. The van der Waals surface area contributed by atoms with Gasteiger partial charge in [-0.1, -0.05) is 0 Å². The highest BCUT2D eigenvalue weighted by Crippen LogP contribution is 2.22. The Balaban J connectivity index is 1.58. The van der Waals surface area contributed by atoms with Gasteiger partial charge in [0.15, 0.2) is 5.76 Å². The first-order valence-corrected chi connectivity index (χ1v) is 8.61. The number of ether oxygens (including phenoxy) is 1. The van der Waals surface area contributed by atoms with E-state index in [1.165, 1.54) is 0 Å². The highest BCUT2D eigenvalue weighted by atomic mass is 16.5. The van der Waals surface area contributed by atoms with Gasteiger partial charge in [-0.05, 0) is 37.6 Å². The van der Waals surface area contributed by atoms with Crippen LogP contribution in [0, 0.1) is 6.92 Å². The first-order valence-electron chi connectivity index (χ1n) is 8.61. The van der Waals surface area contributed by atoms with E-state index < -0.39 is 0 Å². The molecule has 0 spiro atoms. The summed E-state index contributed by atoms with van der Waals surface area (Å²) in [4.78, 5) is 19.0. The summed E-state index contributed by atoms with van der Waals surface area (Å²) >= 11 is 0. The molecule has 4 heterocycles. The largest absolute Gasteiger partial charge is 0.490 e. The standard InChI is InChI=1S/C19H20N4O3/c1-14-6-10-25-18(14)19(24)22-12-15-4-8-21-23(15)9-5-16(22)13-26-17-3-2-7-20-11-17/h2-4,6-8,10-11,16H,5,9,12-13H2,1H3/t16-/m1/s1. The number of hydrogen-bond acceptors (Lipinski definition) is 5. The fraction of sp³-hybridized carbons (Fsp3) is 0.316. The molecule has 0 saturated heterocycles. The van der Waals surface area contributed by atoms with Crippen molar-refractivity contribution in [1.82, 2.24) is 19.7 Å². The minimum absolute atomic E-state index is 0.0890. The molecule has 0 saturated carbocycles. The minimum Gasteiger partial charge on any atom is -0.490 e. The van der Waals surface area contributed by atoms with Gasteiger partial charge in [-0.2, -0.15) is 5.10 Å². The predicted octanol–water partition coefficient (Wildman–Crippen LogP) is 2.67. The van der Waals surface area contributed by atoms with Gasteiger partial charge in [0.05, 0.1) is 30.7 Å². The Labute approximate surface area is 151 Å². The van der Waals surface area contributed by atoms with Crippen LogP contribution in [0.3, 0.4) is 0 Å². The number of aromatic nitrogens is 3. The molecule has 0 fully saturated rings. The first-order chi connectivity index (χ1) is 12.7. The van der Waals surface area contributed by atoms with Crippen molar-refractivity contribution in [1.29, 1.82) is 0 Å². The fourth-order valence-electron chi connectivity index (χ4n) is 3.18. The van der Waals surface area contributed by atoms with Crippen molar-refractivity contribution in [2.24, 2.45) is 0 Å². The van der Waals surface area contributed by atoms with Crippen LogP contribution in [0.25, 0.3) is 0 Å². The number of pyridine rings is 1. The Bertz CT molecular complexity index is 887. The molecule has 0 bridgehead atoms. The summed E-state index contributed by atoms with van der Waals surface area (Å²) in [5.41, 5.74) is 1.84. The normalized spacial score (nSPS) is 16.8. The highest BCUT2D eigenvalue weighted by molar-refractivity contribution is 5.93. The third kappa shape index (κ3) is 3.20. The van der Waals surface area contributed by atoms with E-state index in [9.17, 15) is 4.79 Å². The summed E-state index contributed by atoms with van der Waals surface area (Å²) in [6.45, 7) is 3.48. The van der Waals surface area contributed by atoms with Gasteiger partial charge >= 0.3 is 0 Å². The van der Waals surface area contributed by atoms with E-state index >= 15 is 0 Å². The number of amides is 1. The molecule has 0 N–H and O–H groups in total. The molecule has 1 aliphatic rings. The number of furan rings is 1. The van der Waals surface area contributed by atoms with E-state index in [1.54, 1.807) is 30.9 Å². The quantitative estimate of drug-likeness (QED) is 0.722. The molecule has 134 valence electrons. The molecule has 0 aromatic carbocycles. The van der Waals surface area contributed by atoms with Crippen LogP contribution in [0.4, 0.5) is 0 Å². The number of rotatable bonds is 4. The molecule has 1 aliphatic heterocycles. The fourth-order valence-corrected chi connectivity index (χ4v) is 3.18. The van der Waals surface area contributed by atoms with E-state index in [0.717, 1.165) is 24.2 Å². The van der Waals surface area contributed by atoms with Crippen LogP contribution >= 0.6 is 0 Å². The monoisotopic (exact) mass is 352 g/mol. The number of hydrogen-bond donors (Lipinski definition) is 0. The molecule has 0 aliphatic carbocycles. The summed E-state index contributed by atoms with van der Waals surface area (Å²) in [7, 11) is 0. The smallest absolute Gasteiger partial charge is 0.290 e. The summed E-state index contributed by atoms with van der Waals surface area (Å²) in [6.07, 6.45) is 7.44. The maximum atomic E-state index is 13.1. The topological polar surface area (TPSA) is 73.4 Å². The lowest BCUT2D eigenvalue weighted by atomic mass is 10.1. The van der Waals surface area contributed by atoms with E-state index in [-0.39, 0.29) is 11.9 Å². The molecular formula is C19H20N4O3. The summed E-state index contributed by atoms with van der Waals surface area (Å²) < 4.78 is 13.3. The van der Waals surface area contributed by atoms with Crippen LogP contribution in [-0.2, 0) is 13.1 Å². The third-order valence-electron chi connectivity index (χ3n) is 4.65. The predicted molar refractivity (Wildman–Crippen MR) is 93.7 cm³/mol.